The molecule has 1 aliphatic heterocycles. The minimum Gasteiger partial charge on any atom is -0.329 e. The fourth-order valence-electron chi connectivity index (χ4n) is 3.46. The average molecular weight is 296 g/mol. The predicted molar refractivity (Wildman–Crippen MR) is 82.0 cm³/mol. The Kier molecular flexibility index (Phi) is 6.12. The lowest BCUT2D eigenvalue weighted by atomic mass is 9.96. The second-order valence-corrected chi connectivity index (χ2v) is 6.08. The Bertz CT molecular complexity index is 430. The summed E-state index contributed by atoms with van der Waals surface area (Å²) in [6.45, 7) is 4.53. The van der Waals surface area contributed by atoms with Crippen LogP contribution in [0.3, 0.4) is 0 Å². The monoisotopic (exact) mass is 296 g/mol. The zero-order chi connectivity index (χ0) is 15.2. The normalized spacial score (nSPS) is 22.0. The molecule has 2 rings (SSSR count). The summed E-state index contributed by atoms with van der Waals surface area (Å²) in [5.74, 6) is -0.271. The Labute approximate surface area is 126 Å². The maximum Gasteiger partial charge on any atom is 0.126 e. The second kappa shape index (κ2) is 7.85. The lowest BCUT2D eigenvalue weighted by Crippen LogP contribution is -2.34. The molecule has 118 valence electrons. The first-order valence-corrected chi connectivity index (χ1v) is 8.04. The number of halogens is 2. The highest BCUT2D eigenvalue weighted by Gasteiger charge is 2.24. The summed E-state index contributed by atoms with van der Waals surface area (Å²) in [5, 5.41) is 0. The van der Waals surface area contributed by atoms with E-state index in [2.05, 4.69) is 11.8 Å². The van der Waals surface area contributed by atoms with Gasteiger partial charge in [-0.2, -0.15) is 0 Å². The minimum absolute atomic E-state index is 0.0874. The zero-order valence-electron chi connectivity index (χ0n) is 12.8. The fraction of sp³-hybridized carbons (Fsp3) is 0.647. The third-order valence-electron chi connectivity index (χ3n) is 4.51. The second-order valence-electron chi connectivity index (χ2n) is 6.08. The van der Waals surface area contributed by atoms with Crippen molar-refractivity contribution in [2.24, 2.45) is 11.7 Å². The Morgan fingerprint density at radius 1 is 1.19 bits per heavy atom. The highest BCUT2D eigenvalue weighted by Crippen LogP contribution is 2.28. The number of nitrogens with two attached hydrogens (primary N) is 1. The van der Waals surface area contributed by atoms with Crippen LogP contribution in [-0.2, 0) is 0 Å². The van der Waals surface area contributed by atoms with E-state index in [1.165, 1.54) is 31.4 Å². The molecule has 0 amide bonds. The molecule has 1 heterocycles. The quantitative estimate of drug-likeness (QED) is 0.894. The van der Waals surface area contributed by atoms with Crippen LogP contribution in [0.15, 0.2) is 18.2 Å². The van der Waals surface area contributed by atoms with Crippen molar-refractivity contribution in [2.75, 3.05) is 19.6 Å². The van der Waals surface area contributed by atoms with Crippen LogP contribution in [0.4, 0.5) is 8.78 Å². The Hall–Kier alpha value is -1.00. The zero-order valence-corrected chi connectivity index (χ0v) is 12.8. The van der Waals surface area contributed by atoms with Crippen molar-refractivity contribution in [3.8, 4) is 0 Å². The summed E-state index contributed by atoms with van der Waals surface area (Å²) < 4.78 is 26.9. The molecular formula is C17H26F2N2. The van der Waals surface area contributed by atoms with Crippen molar-refractivity contribution >= 4 is 0 Å². The number of likely N-dealkylation sites (tertiary alicyclic amines) is 1. The molecule has 21 heavy (non-hydrogen) atoms. The van der Waals surface area contributed by atoms with Crippen molar-refractivity contribution < 1.29 is 8.78 Å². The van der Waals surface area contributed by atoms with Crippen LogP contribution in [0.25, 0.3) is 0 Å². The Morgan fingerprint density at radius 2 is 1.90 bits per heavy atom. The summed E-state index contributed by atoms with van der Waals surface area (Å²) in [7, 11) is 0. The van der Waals surface area contributed by atoms with Crippen molar-refractivity contribution in [3.63, 3.8) is 0 Å². The maximum absolute atomic E-state index is 13.4. The first-order chi connectivity index (χ1) is 10.1. The summed E-state index contributed by atoms with van der Waals surface area (Å²) >= 11 is 0. The molecule has 0 aromatic heterocycles. The maximum atomic E-state index is 13.4. The largest absolute Gasteiger partial charge is 0.329 e. The van der Waals surface area contributed by atoms with E-state index in [9.17, 15) is 8.78 Å². The lowest BCUT2D eigenvalue weighted by molar-refractivity contribution is 0.205. The van der Waals surface area contributed by atoms with Crippen LogP contribution in [0.1, 0.15) is 50.6 Å². The van der Waals surface area contributed by atoms with Crippen molar-refractivity contribution in [1.82, 2.24) is 4.90 Å². The smallest absolute Gasteiger partial charge is 0.126 e. The standard InChI is InChI=1S/C17H26F2N2/c1-2-4-13-5-3-7-21(8-6-13)17(12-20)14-9-15(18)11-16(19)10-14/h9-11,13,17H,2-8,12,20H2,1H3. The van der Waals surface area contributed by atoms with E-state index >= 15 is 0 Å². The van der Waals surface area contributed by atoms with Gasteiger partial charge in [0.1, 0.15) is 11.6 Å². The Balaban J connectivity index is 2.09. The van der Waals surface area contributed by atoms with Crippen LogP contribution in [0, 0.1) is 17.6 Å². The number of nitrogens with zero attached hydrogens (tertiary/aromatic N) is 1. The summed E-state index contributed by atoms with van der Waals surface area (Å²) in [4.78, 5) is 2.30. The van der Waals surface area contributed by atoms with Gasteiger partial charge in [-0.3, -0.25) is 4.90 Å². The van der Waals surface area contributed by atoms with E-state index < -0.39 is 11.6 Å². The van der Waals surface area contributed by atoms with E-state index in [-0.39, 0.29) is 6.04 Å². The molecule has 2 N–H and O–H groups in total. The van der Waals surface area contributed by atoms with Gasteiger partial charge in [0, 0.05) is 18.7 Å². The predicted octanol–water partition coefficient (Wildman–Crippen LogP) is 3.87. The van der Waals surface area contributed by atoms with Gasteiger partial charge < -0.3 is 5.73 Å². The molecule has 0 radical (unpaired) electrons. The molecular weight excluding hydrogens is 270 g/mol. The Morgan fingerprint density at radius 3 is 2.52 bits per heavy atom. The van der Waals surface area contributed by atoms with Crippen LogP contribution in [-0.4, -0.2) is 24.5 Å². The highest BCUT2D eigenvalue weighted by atomic mass is 19.1. The van der Waals surface area contributed by atoms with Crippen LogP contribution in [0.5, 0.6) is 0 Å². The van der Waals surface area contributed by atoms with E-state index in [4.69, 9.17) is 5.73 Å². The van der Waals surface area contributed by atoms with Gasteiger partial charge in [-0.05, 0) is 56.0 Å². The van der Waals surface area contributed by atoms with Crippen LogP contribution >= 0.6 is 0 Å². The summed E-state index contributed by atoms with van der Waals surface area (Å²) in [5.41, 5.74) is 6.55. The van der Waals surface area contributed by atoms with Gasteiger partial charge in [-0.1, -0.05) is 19.8 Å². The highest BCUT2D eigenvalue weighted by molar-refractivity contribution is 5.22. The van der Waals surface area contributed by atoms with E-state index in [1.54, 1.807) is 0 Å². The first kappa shape index (κ1) is 16.4. The number of benzene rings is 1. The molecule has 0 saturated carbocycles. The molecule has 1 fully saturated rings. The minimum atomic E-state index is -0.526. The number of hydrogen-bond donors (Lipinski definition) is 1. The molecule has 2 unspecified atom stereocenters. The SMILES string of the molecule is CCCC1CCCN(C(CN)c2cc(F)cc(F)c2)CC1. The van der Waals surface area contributed by atoms with Gasteiger partial charge in [-0.25, -0.2) is 8.78 Å². The van der Waals surface area contributed by atoms with Gasteiger partial charge in [-0.15, -0.1) is 0 Å². The summed E-state index contributed by atoms with van der Waals surface area (Å²) in [6, 6.07) is 3.65. The topological polar surface area (TPSA) is 29.3 Å². The fourth-order valence-corrected chi connectivity index (χ4v) is 3.46. The summed E-state index contributed by atoms with van der Waals surface area (Å²) in [6.07, 6.45) is 6.04. The molecule has 0 spiro atoms. The van der Waals surface area contributed by atoms with E-state index in [0.717, 1.165) is 37.9 Å². The van der Waals surface area contributed by atoms with Gasteiger partial charge in [0.15, 0.2) is 0 Å². The van der Waals surface area contributed by atoms with Crippen LogP contribution in [0.2, 0.25) is 0 Å². The number of rotatable bonds is 5. The molecule has 0 bridgehead atoms. The van der Waals surface area contributed by atoms with Crippen molar-refractivity contribution in [1.29, 1.82) is 0 Å². The van der Waals surface area contributed by atoms with E-state index in [1.807, 2.05) is 0 Å². The van der Waals surface area contributed by atoms with Crippen LogP contribution < -0.4 is 5.73 Å². The van der Waals surface area contributed by atoms with Gasteiger partial charge in [0.2, 0.25) is 0 Å². The average Bonchev–Trinajstić information content (AvgIpc) is 2.65. The molecule has 2 nitrogen and oxygen atoms in total. The number of hydrogen-bond acceptors (Lipinski definition) is 2. The molecule has 1 aromatic carbocycles. The van der Waals surface area contributed by atoms with E-state index in [0.29, 0.717) is 12.1 Å². The molecule has 1 aliphatic rings. The molecule has 0 aliphatic carbocycles. The molecule has 1 aromatic rings. The molecule has 2 atom stereocenters. The van der Waals surface area contributed by atoms with Gasteiger partial charge >= 0.3 is 0 Å². The van der Waals surface area contributed by atoms with Gasteiger partial charge in [0.05, 0.1) is 0 Å². The third-order valence-corrected chi connectivity index (χ3v) is 4.51. The van der Waals surface area contributed by atoms with Crippen molar-refractivity contribution in [2.45, 2.75) is 45.1 Å². The lowest BCUT2D eigenvalue weighted by Gasteiger charge is -2.30. The third kappa shape index (κ3) is 4.48. The van der Waals surface area contributed by atoms with Gasteiger partial charge in [0.25, 0.3) is 0 Å². The van der Waals surface area contributed by atoms with Crippen molar-refractivity contribution in [3.05, 3.63) is 35.4 Å². The molecule has 4 heteroatoms. The first-order valence-electron chi connectivity index (χ1n) is 8.04. The molecule has 1 saturated heterocycles.